The molecule has 0 aliphatic rings. The molecule has 0 atom stereocenters. The zero-order valence-corrected chi connectivity index (χ0v) is 9.82. The van der Waals surface area contributed by atoms with Gasteiger partial charge in [0.2, 0.25) is 0 Å². The number of carboxylic acid groups (broad SMARTS) is 1. The van der Waals surface area contributed by atoms with Gasteiger partial charge in [0, 0.05) is 19.3 Å². The molecule has 0 saturated carbocycles. The number of carboxylic acids is 1. The van der Waals surface area contributed by atoms with Crippen molar-refractivity contribution in [3.63, 3.8) is 0 Å². The van der Waals surface area contributed by atoms with Crippen LogP contribution in [0.4, 0.5) is 5.82 Å². The van der Waals surface area contributed by atoms with Crippen LogP contribution in [-0.2, 0) is 0 Å². The molecule has 0 fully saturated rings. The number of hydrogen-bond donors (Lipinski definition) is 1. The molecule has 4 nitrogen and oxygen atoms in total. The highest BCUT2D eigenvalue weighted by Gasteiger charge is 2.09. The third-order valence-electron chi connectivity index (χ3n) is 2.09. The largest absolute Gasteiger partial charge is 0.478 e. The van der Waals surface area contributed by atoms with Crippen molar-refractivity contribution < 1.29 is 9.90 Å². The van der Waals surface area contributed by atoms with Gasteiger partial charge in [0.05, 0.1) is 5.56 Å². The summed E-state index contributed by atoms with van der Waals surface area (Å²) >= 11 is 0. The van der Waals surface area contributed by atoms with Crippen LogP contribution in [0.2, 0.25) is 0 Å². The fraction of sp³-hybridized carbons (Fsp3) is 0.333. The quantitative estimate of drug-likeness (QED) is 0.789. The maximum absolute atomic E-state index is 10.9. The topological polar surface area (TPSA) is 53.4 Å². The van der Waals surface area contributed by atoms with Crippen LogP contribution in [0.15, 0.2) is 24.3 Å². The third-order valence-corrected chi connectivity index (χ3v) is 2.09. The Balaban J connectivity index is 3.04. The summed E-state index contributed by atoms with van der Waals surface area (Å²) in [6, 6.07) is 3.12. The second-order valence-electron chi connectivity index (χ2n) is 3.97. The van der Waals surface area contributed by atoms with Crippen molar-refractivity contribution in [1.82, 2.24) is 4.98 Å². The SMILES string of the molecule is C=C(C)CN(C)c1cc(C(=O)O)cc(C)n1. The minimum atomic E-state index is -0.935. The molecule has 16 heavy (non-hydrogen) atoms. The summed E-state index contributed by atoms with van der Waals surface area (Å²) in [6.07, 6.45) is 0. The van der Waals surface area contributed by atoms with Crippen LogP contribution >= 0.6 is 0 Å². The van der Waals surface area contributed by atoms with Crippen molar-refractivity contribution in [2.75, 3.05) is 18.5 Å². The van der Waals surface area contributed by atoms with Crippen molar-refractivity contribution in [3.8, 4) is 0 Å². The van der Waals surface area contributed by atoms with Gasteiger partial charge in [-0.2, -0.15) is 0 Å². The highest BCUT2D eigenvalue weighted by Crippen LogP contribution is 2.14. The van der Waals surface area contributed by atoms with E-state index in [1.54, 1.807) is 19.1 Å². The summed E-state index contributed by atoms with van der Waals surface area (Å²) in [4.78, 5) is 17.1. The molecule has 0 spiro atoms. The van der Waals surface area contributed by atoms with E-state index in [-0.39, 0.29) is 5.56 Å². The molecular formula is C12H16N2O2. The van der Waals surface area contributed by atoms with Crippen molar-refractivity contribution in [1.29, 1.82) is 0 Å². The van der Waals surface area contributed by atoms with Gasteiger partial charge in [-0.1, -0.05) is 12.2 Å². The van der Waals surface area contributed by atoms with Gasteiger partial charge in [0.1, 0.15) is 5.82 Å². The first-order chi connectivity index (χ1) is 7.40. The number of carbonyl (C=O) groups is 1. The number of aryl methyl sites for hydroxylation is 1. The Morgan fingerprint density at radius 3 is 2.69 bits per heavy atom. The van der Waals surface area contributed by atoms with Crippen LogP contribution in [0.3, 0.4) is 0 Å². The zero-order valence-electron chi connectivity index (χ0n) is 9.82. The normalized spacial score (nSPS) is 9.94. The summed E-state index contributed by atoms with van der Waals surface area (Å²) in [5.41, 5.74) is 1.96. The Labute approximate surface area is 95.2 Å². The van der Waals surface area contributed by atoms with Gasteiger partial charge in [-0.25, -0.2) is 9.78 Å². The molecule has 1 aromatic rings. The molecule has 0 saturated heterocycles. The van der Waals surface area contributed by atoms with Crippen molar-refractivity contribution in [2.45, 2.75) is 13.8 Å². The highest BCUT2D eigenvalue weighted by atomic mass is 16.4. The Morgan fingerprint density at radius 1 is 1.56 bits per heavy atom. The number of rotatable bonds is 4. The van der Waals surface area contributed by atoms with E-state index in [0.29, 0.717) is 18.1 Å². The van der Waals surface area contributed by atoms with Crippen LogP contribution < -0.4 is 4.90 Å². The summed E-state index contributed by atoms with van der Waals surface area (Å²) < 4.78 is 0. The lowest BCUT2D eigenvalue weighted by Gasteiger charge is -2.18. The predicted octanol–water partition coefficient (Wildman–Crippen LogP) is 2.10. The van der Waals surface area contributed by atoms with E-state index in [1.165, 1.54) is 0 Å². The fourth-order valence-electron chi connectivity index (χ4n) is 1.46. The van der Waals surface area contributed by atoms with Crippen molar-refractivity contribution in [3.05, 3.63) is 35.5 Å². The van der Waals surface area contributed by atoms with E-state index in [4.69, 9.17) is 5.11 Å². The van der Waals surface area contributed by atoms with E-state index in [0.717, 1.165) is 5.57 Å². The molecule has 0 aliphatic heterocycles. The predicted molar refractivity (Wildman–Crippen MR) is 64.0 cm³/mol. The number of aromatic carboxylic acids is 1. The Hall–Kier alpha value is -1.84. The molecule has 1 heterocycles. The fourth-order valence-corrected chi connectivity index (χ4v) is 1.46. The maximum atomic E-state index is 10.9. The maximum Gasteiger partial charge on any atom is 0.335 e. The standard InChI is InChI=1S/C12H16N2O2/c1-8(2)7-14(4)11-6-10(12(15)16)5-9(3)13-11/h5-6H,1,7H2,2-4H3,(H,15,16). The number of aromatic nitrogens is 1. The molecule has 0 bridgehead atoms. The number of likely N-dealkylation sites (N-methyl/N-ethyl adjacent to an activating group) is 1. The van der Waals surface area contributed by atoms with E-state index in [1.807, 2.05) is 18.9 Å². The van der Waals surface area contributed by atoms with Gasteiger partial charge in [-0.15, -0.1) is 0 Å². The highest BCUT2D eigenvalue weighted by molar-refractivity contribution is 5.88. The lowest BCUT2D eigenvalue weighted by molar-refractivity contribution is 0.0696. The van der Waals surface area contributed by atoms with Gasteiger partial charge in [0.15, 0.2) is 0 Å². The van der Waals surface area contributed by atoms with Crippen LogP contribution in [0.5, 0.6) is 0 Å². The number of hydrogen-bond acceptors (Lipinski definition) is 3. The van der Waals surface area contributed by atoms with Crippen LogP contribution in [-0.4, -0.2) is 29.7 Å². The lowest BCUT2D eigenvalue weighted by Crippen LogP contribution is -2.21. The number of nitrogens with zero attached hydrogens (tertiary/aromatic N) is 2. The summed E-state index contributed by atoms with van der Waals surface area (Å²) in [6.45, 7) is 8.18. The minimum Gasteiger partial charge on any atom is -0.478 e. The van der Waals surface area contributed by atoms with Crippen LogP contribution in [0.1, 0.15) is 23.0 Å². The summed E-state index contributed by atoms with van der Waals surface area (Å²) in [5.74, 6) is -0.282. The summed E-state index contributed by atoms with van der Waals surface area (Å²) in [5, 5.41) is 8.93. The smallest absolute Gasteiger partial charge is 0.335 e. The van der Waals surface area contributed by atoms with Gasteiger partial charge in [0.25, 0.3) is 0 Å². The first-order valence-electron chi connectivity index (χ1n) is 4.97. The van der Waals surface area contributed by atoms with Crippen molar-refractivity contribution >= 4 is 11.8 Å². The number of pyridine rings is 1. The van der Waals surface area contributed by atoms with Gasteiger partial charge in [-0.3, -0.25) is 0 Å². The minimum absolute atomic E-state index is 0.260. The Bertz CT molecular complexity index is 427. The third kappa shape index (κ3) is 3.08. The molecule has 4 heteroatoms. The average Bonchev–Trinajstić information content (AvgIpc) is 2.15. The van der Waals surface area contributed by atoms with E-state index >= 15 is 0 Å². The molecule has 0 radical (unpaired) electrons. The van der Waals surface area contributed by atoms with Gasteiger partial charge in [-0.05, 0) is 26.0 Å². The molecular weight excluding hydrogens is 204 g/mol. The molecule has 0 aliphatic carbocycles. The molecule has 0 aromatic carbocycles. The van der Waals surface area contributed by atoms with Gasteiger partial charge < -0.3 is 10.0 Å². The van der Waals surface area contributed by atoms with E-state index in [2.05, 4.69) is 11.6 Å². The first kappa shape index (κ1) is 12.2. The molecule has 86 valence electrons. The second-order valence-corrected chi connectivity index (χ2v) is 3.97. The zero-order chi connectivity index (χ0) is 12.3. The number of anilines is 1. The first-order valence-corrected chi connectivity index (χ1v) is 4.97. The Kier molecular flexibility index (Phi) is 3.66. The van der Waals surface area contributed by atoms with Crippen molar-refractivity contribution in [2.24, 2.45) is 0 Å². The molecule has 1 N–H and O–H groups in total. The monoisotopic (exact) mass is 220 g/mol. The van der Waals surface area contributed by atoms with Crippen LogP contribution in [0, 0.1) is 6.92 Å². The Morgan fingerprint density at radius 2 is 2.19 bits per heavy atom. The molecule has 0 amide bonds. The average molecular weight is 220 g/mol. The van der Waals surface area contributed by atoms with E-state index in [9.17, 15) is 4.79 Å². The molecule has 1 rings (SSSR count). The van der Waals surface area contributed by atoms with Crippen LogP contribution in [0.25, 0.3) is 0 Å². The molecule has 1 aromatic heterocycles. The lowest BCUT2D eigenvalue weighted by atomic mass is 10.2. The summed E-state index contributed by atoms with van der Waals surface area (Å²) in [7, 11) is 1.86. The van der Waals surface area contributed by atoms with E-state index < -0.39 is 5.97 Å². The molecule has 0 unspecified atom stereocenters. The second kappa shape index (κ2) is 4.79. The van der Waals surface area contributed by atoms with Gasteiger partial charge >= 0.3 is 5.97 Å².